The number of allylic oxidation sites excluding steroid dienone is 1. The van der Waals surface area contributed by atoms with Crippen molar-refractivity contribution < 1.29 is 0 Å². The zero-order chi connectivity index (χ0) is 12.3. The summed E-state index contributed by atoms with van der Waals surface area (Å²) in [4.78, 5) is 2.51. The van der Waals surface area contributed by atoms with Gasteiger partial charge < -0.3 is 4.90 Å². The van der Waals surface area contributed by atoms with Gasteiger partial charge in [-0.15, -0.1) is 0 Å². The van der Waals surface area contributed by atoms with Crippen LogP contribution in [0.5, 0.6) is 0 Å². The molecule has 92 valence electrons. The van der Waals surface area contributed by atoms with Gasteiger partial charge in [0.15, 0.2) is 0 Å². The number of hydrogen-bond donors (Lipinski definition) is 0. The predicted octanol–water partition coefficient (Wildman–Crippen LogP) is 4.27. The van der Waals surface area contributed by atoms with Gasteiger partial charge in [0.1, 0.15) is 0 Å². The Morgan fingerprint density at radius 1 is 1.24 bits per heavy atom. The molecule has 1 aliphatic rings. The van der Waals surface area contributed by atoms with E-state index in [1.54, 1.807) is 0 Å². The second kappa shape index (κ2) is 5.39. The summed E-state index contributed by atoms with van der Waals surface area (Å²) < 4.78 is 0. The van der Waals surface area contributed by atoms with Gasteiger partial charge in [0.25, 0.3) is 0 Å². The van der Waals surface area contributed by atoms with Gasteiger partial charge in [-0.05, 0) is 49.0 Å². The Labute approximate surface area is 105 Å². The summed E-state index contributed by atoms with van der Waals surface area (Å²) in [5, 5.41) is 0. The Kier molecular flexibility index (Phi) is 3.88. The number of aryl methyl sites for hydroxylation is 1. The van der Waals surface area contributed by atoms with Gasteiger partial charge in [-0.1, -0.05) is 26.5 Å². The smallest absolute Gasteiger partial charge is 0.0442 e. The fourth-order valence-electron chi connectivity index (χ4n) is 2.51. The number of nitrogens with zero attached hydrogens (tertiary/aromatic N) is 1. The minimum Gasteiger partial charge on any atom is -0.371 e. The topological polar surface area (TPSA) is 3.24 Å². The Hall–Kier alpha value is -1.24. The average Bonchev–Trinajstić information content (AvgIpc) is 2.90. The van der Waals surface area contributed by atoms with Crippen LogP contribution in [0.4, 0.5) is 5.69 Å². The van der Waals surface area contributed by atoms with Crippen molar-refractivity contribution in [2.75, 3.05) is 18.0 Å². The average molecular weight is 229 g/mol. The van der Waals surface area contributed by atoms with E-state index in [1.165, 1.54) is 48.3 Å². The van der Waals surface area contributed by atoms with Crippen LogP contribution in [0.15, 0.2) is 24.8 Å². The summed E-state index contributed by atoms with van der Waals surface area (Å²) in [5.74, 6) is 0. The Bertz CT molecular complexity index is 400. The van der Waals surface area contributed by atoms with Gasteiger partial charge in [0, 0.05) is 24.3 Å². The quantitative estimate of drug-likeness (QED) is 0.745. The highest BCUT2D eigenvalue weighted by Gasteiger charge is 2.16. The lowest BCUT2D eigenvalue weighted by Crippen LogP contribution is -2.19. The molecule has 0 spiro atoms. The highest BCUT2D eigenvalue weighted by atomic mass is 15.1. The van der Waals surface area contributed by atoms with E-state index in [-0.39, 0.29) is 0 Å². The number of rotatable bonds is 4. The SMILES string of the molecule is C=C(CC)c1cc(CC)ccc1N1CCCC1. The lowest BCUT2D eigenvalue weighted by molar-refractivity contribution is 0.949. The van der Waals surface area contributed by atoms with Crippen LogP contribution in [0.3, 0.4) is 0 Å². The van der Waals surface area contributed by atoms with Crippen LogP contribution in [0.25, 0.3) is 5.57 Å². The minimum absolute atomic E-state index is 1.04. The zero-order valence-electron chi connectivity index (χ0n) is 11.1. The summed E-state index contributed by atoms with van der Waals surface area (Å²) in [7, 11) is 0. The van der Waals surface area contributed by atoms with Gasteiger partial charge in [-0.2, -0.15) is 0 Å². The zero-order valence-corrected chi connectivity index (χ0v) is 11.1. The van der Waals surface area contributed by atoms with Crippen molar-refractivity contribution in [3.8, 4) is 0 Å². The van der Waals surface area contributed by atoms with Gasteiger partial charge in [-0.25, -0.2) is 0 Å². The normalized spacial score (nSPS) is 15.3. The standard InChI is InChI=1S/C16H23N/c1-4-13(3)15-12-14(5-2)8-9-16(15)17-10-6-7-11-17/h8-9,12H,3-7,10-11H2,1-2H3. The molecule has 0 radical (unpaired) electrons. The van der Waals surface area contributed by atoms with E-state index in [0.717, 1.165) is 12.8 Å². The van der Waals surface area contributed by atoms with Crippen molar-refractivity contribution in [2.24, 2.45) is 0 Å². The van der Waals surface area contributed by atoms with Gasteiger partial charge in [0.2, 0.25) is 0 Å². The van der Waals surface area contributed by atoms with E-state index in [9.17, 15) is 0 Å². The van der Waals surface area contributed by atoms with E-state index in [4.69, 9.17) is 0 Å². The van der Waals surface area contributed by atoms with Crippen LogP contribution < -0.4 is 4.90 Å². The molecule has 0 atom stereocenters. The summed E-state index contributed by atoms with van der Waals surface area (Å²) in [6.07, 6.45) is 4.79. The van der Waals surface area contributed by atoms with E-state index >= 15 is 0 Å². The highest BCUT2D eigenvalue weighted by molar-refractivity contribution is 5.76. The van der Waals surface area contributed by atoms with E-state index in [0.29, 0.717) is 0 Å². The molecule has 1 aromatic rings. The Balaban J connectivity index is 2.38. The lowest BCUT2D eigenvalue weighted by Gasteiger charge is -2.23. The van der Waals surface area contributed by atoms with Gasteiger partial charge >= 0.3 is 0 Å². The summed E-state index contributed by atoms with van der Waals surface area (Å²) in [6, 6.07) is 6.89. The fourth-order valence-corrected chi connectivity index (χ4v) is 2.51. The molecule has 2 rings (SSSR count). The molecule has 0 saturated carbocycles. The van der Waals surface area contributed by atoms with Crippen LogP contribution >= 0.6 is 0 Å². The summed E-state index contributed by atoms with van der Waals surface area (Å²) >= 11 is 0. The molecule has 1 heterocycles. The monoisotopic (exact) mass is 229 g/mol. The third-order valence-corrected chi connectivity index (χ3v) is 3.72. The molecule has 1 nitrogen and oxygen atoms in total. The van der Waals surface area contributed by atoms with Crippen LogP contribution in [-0.4, -0.2) is 13.1 Å². The van der Waals surface area contributed by atoms with Crippen molar-refractivity contribution in [3.05, 3.63) is 35.9 Å². The molecular formula is C16H23N. The molecule has 1 heteroatoms. The third-order valence-electron chi connectivity index (χ3n) is 3.72. The molecule has 1 aromatic carbocycles. The second-order valence-electron chi connectivity index (χ2n) is 4.86. The number of benzene rings is 1. The van der Waals surface area contributed by atoms with Gasteiger partial charge in [-0.3, -0.25) is 0 Å². The van der Waals surface area contributed by atoms with Gasteiger partial charge in [0.05, 0.1) is 0 Å². The largest absolute Gasteiger partial charge is 0.371 e. The maximum absolute atomic E-state index is 4.22. The fraction of sp³-hybridized carbons (Fsp3) is 0.500. The molecular weight excluding hydrogens is 206 g/mol. The first-order valence-corrected chi connectivity index (χ1v) is 6.82. The maximum Gasteiger partial charge on any atom is 0.0442 e. The van der Waals surface area contributed by atoms with Crippen LogP contribution in [0, 0.1) is 0 Å². The molecule has 0 unspecified atom stereocenters. The highest BCUT2D eigenvalue weighted by Crippen LogP contribution is 2.31. The molecule has 0 N–H and O–H groups in total. The molecule has 0 aromatic heterocycles. The molecule has 0 amide bonds. The summed E-state index contributed by atoms with van der Waals surface area (Å²) in [6.45, 7) is 11.0. The number of hydrogen-bond acceptors (Lipinski definition) is 1. The first-order valence-electron chi connectivity index (χ1n) is 6.82. The second-order valence-corrected chi connectivity index (χ2v) is 4.86. The minimum atomic E-state index is 1.04. The third kappa shape index (κ3) is 2.54. The molecule has 1 fully saturated rings. The number of anilines is 1. The van der Waals surface area contributed by atoms with Crippen molar-refractivity contribution in [3.63, 3.8) is 0 Å². The van der Waals surface area contributed by atoms with Crippen molar-refractivity contribution in [1.29, 1.82) is 0 Å². The molecule has 0 bridgehead atoms. The Morgan fingerprint density at radius 3 is 2.53 bits per heavy atom. The van der Waals surface area contributed by atoms with Crippen LogP contribution in [-0.2, 0) is 6.42 Å². The van der Waals surface area contributed by atoms with E-state index in [1.807, 2.05) is 0 Å². The first kappa shape index (κ1) is 12.2. The molecule has 0 aliphatic carbocycles. The van der Waals surface area contributed by atoms with Crippen molar-refractivity contribution >= 4 is 11.3 Å². The van der Waals surface area contributed by atoms with Crippen molar-refractivity contribution in [2.45, 2.75) is 39.5 Å². The summed E-state index contributed by atoms with van der Waals surface area (Å²) in [5.41, 5.74) is 5.44. The van der Waals surface area contributed by atoms with Crippen LogP contribution in [0.1, 0.15) is 44.2 Å². The molecule has 17 heavy (non-hydrogen) atoms. The predicted molar refractivity (Wildman–Crippen MR) is 76.6 cm³/mol. The van der Waals surface area contributed by atoms with E-state index in [2.05, 4.69) is 43.5 Å². The lowest BCUT2D eigenvalue weighted by atomic mass is 9.99. The maximum atomic E-state index is 4.22. The Morgan fingerprint density at radius 2 is 1.94 bits per heavy atom. The van der Waals surface area contributed by atoms with Crippen LogP contribution in [0.2, 0.25) is 0 Å². The van der Waals surface area contributed by atoms with Crippen molar-refractivity contribution in [1.82, 2.24) is 0 Å². The molecule has 1 aliphatic heterocycles. The van der Waals surface area contributed by atoms with E-state index < -0.39 is 0 Å². The molecule has 1 saturated heterocycles. The first-order chi connectivity index (χ1) is 8.26.